The molecule has 94 valence electrons. The Kier molecular flexibility index (Phi) is 5.85. The number of primary amides is 1. The van der Waals surface area contributed by atoms with Crippen LogP contribution in [0.5, 0.6) is 0 Å². The van der Waals surface area contributed by atoms with Crippen molar-refractivity contribution >= 4 is 11.8 Å². The lowest BCUT2D eigenvalue weighted by Gasteiger charge is -2.03. The first kappa shape index (κ1) is 13.3. The molecule has 0 bridgehead atoms. The molecule has 17 heavy (non-hydrogen) atoms. The summed E-state index contributed by atoms with van der Waals surface area (Å²) in [6, 6.07) is 3.76. The monoisotopic (exact) mass is 238 g/mol. The van der Waals surface area contributed by atoms with Crippen molar-refractivity contribution in [1.29, 1.82) is 0 Å². The minimum Gasteiger partial charge on any atom is -0.469 e. The molecular formula is C12H18N2O3. The molecule has 0 spiro atoms. The molecule has 0 unspecified atom stereocenters. The van der Waals surface area contributed by atoms with Gasteiger partial charge in [0.05, 0.1) is 6.26 Å². The van der Waals surface area contributed by atoms with Gasteiger partial charge < -0.3 is 15.5 Å². The number of hydrogen-bond acceptors (Lipinski definition) is 3. The second kappa shape index (κ2) is 7.49. The Morgan fingerprint density at radius 2 is 2.12 bits per heavy atom. The molecule has 0 fully saturated rings. The van der Waals surface area contributed by atoms with Gasteiger partial charge in [0, 0.05) is 25.8 Å². The Morgan fingerprint density at radius 1 is 1.29 bits per heavy atom. The third-order valence-electron chi connectivity index (χ3n) is 2.33. The molecule has 1 heterocycles. The van der Waals surface area contributed by atoms with E-state index in [4.69, 9.17) is 10.2 Å². The van der Waals surface area contributed by atoms with E-state index < -0.39 is 0 Å². The number of aryl methyl sites for hydroxylation is 1. The smallest absolute Gasteiger partial charge is 0.220 e. The summed E-state index contributed by atoms with van der Waals surface area (Å²) in [7, 11) is 0. The maximum absolute atomic E-state index is 11.3. The lowest BCUT2D eigenvalue weighted by molar-refractivity contribution is -0.121. The van der Waals surface area contributed by atoms with E-state index in [0.717, 1.165) is 18.6 Å². The van der Waals surface area contributed by atoms with E-state index in [0.29, 0.717) is 19.4 Å². The standard InChI is InChI=1S/C12H18N2O3/c13-11(15)6-1-7-12(16)14-8-2-4-10-5-3-9-17-10/h3,5,9H,1-2,4,6-8H2,(H2,13,15)(H,14,16). The van der Waals surface area contributed by atoms with Gasteiger partial charge in [0.2, 0.25) is 11.8 Å². The topological polar surface area (TPSA) is 85.3 Å². The number of amides is 2. The molecule has 0 radical (unpaired) electrons. The van der Waals surface area contributed by atoms with Gasteiger partial charge in [-0.05, 0) is 25.0 Å². The van der Waals surface area contributed by atoms with Gasteiger partial charge in [-0.1, -0.05) is 0 Å². The molecule has 0 saturated heterocycles. The lowest BCUT2D eigenvalue weighted by atomic mass is 10.2. The maximum atomic E-state index is 11.3. The van der Waals surface area contributed by atoms with Crippen LogP contribution in [-0.2, 0) is 16.0 Å². The summed E-state index contributed by atoms with van der Waals surface area (Å²) >= 11 is 0. The first-order valence-corrected chi connectivity index (χ1v) is 5.76. The number of furan rings is 1. The summed E-state index contributed by atoms with van der Waals surface area (Å²) in [5.74, 6) is 0.522. The largest absolute Gasteiger partial charge is 0.469 e. The maximum Gasteiger partial charge on any atom is 0.220 e. The summed E-state index contributed by atoms with van der Waals surface area (Å²) in [6.07, 6.45) is 4.42. The predicted molar refractivity (Wildman–Crippen MR) is 63.1 cm³/mol. The van der Waals surface area contributed by atoms with E-state index in [9.17, 15) is 9.59 Å². The molecule has 2 amide bonds. The van der Waals surface area contributed by atoms with Gasteiger partial charge in [0.15, 0.2) is 0 Å². The van der Waals surface area contributed by atoms with Crippen LogP contribution >= 0.6 is 0 Å². The first-order valence-electron chi connectivity index (χ1n) is 5.76. The van der Waals surface area contributed by atoms with Gasteiger partial charge in [0.25, 0.3) is 0 Å². The number of carbonyl (C=O) groups is 2. The fourth-order valence-electron chi connectivity index (χ4n) is 1.46. The minimum absolute atomic E-state index is 0.0364. The Labute approximate surface area is 100 Å². The third-order valence-corrected chi connectivity index (χ3v) is 2.33. The van der Waals surface area contributed by atoms with Gasteiger partial charge in [-0.2, -0.15) is 0 Å². The quantitative estimate of drug-likeness (QED) is 0.662. The van der Waals surface area contributed by atoms with Crippen LogP contribution in [0, 0.1) is 0 Å². The molecular weight excluding hydrogens is 220 g/mol. The molecule has 0 aliphatic rings. The zero-order valence-electron chi connectivity index (χ0n) is 9.78. The molecule has 3 N–H and O–H groups in total. The molecule has 5 nitrogen and oxygen atoms in total. The number of carbonyl (C=O) groups excluding carboxylic acids is 2. The summed E-state index contributed by atoms with van der Waals surface area (Å²) in [5, 5.41) is 2.79. The van der Waals surface area contributed by atoms with Crippen LogP contribution in [0.2, 0.25) is 0 Å². The van der Waals surface area contributed by atoms with Gasteiger partial charge in [-0.3, -0.25) is 9.59 Å². The van der Waals surface area contributed by atoms with E-state index in [2.05, 4.69) is 5.32 Å². The fourth-order valence-corrected chi connectivity index (χ4v) is 1.46. The average Bonchev–Trinajstić information content (AvgIpc) is 2.76. The zero-order chi connectivity index (χ0) is 12.5. The SMILES string of the molecule is NC(=O)CCCC(=O)NCCCc1ccco1. The number of nitrogens with two attached hydrogens (primary N) is 1. The molecule has 0 aromatic carbocycles. The molecule has 0 saturated carbocycles. The van der Waals surface area contributed by atoms with E-state index in [-0.39, 0.29) is 18.2 Å². The van der Waals surface area contributed by atoms with Crippen LogP contribution in [0.1, 0.15) is 31.4 Å². The lowest BCUT2D eigenvalue weighted by Crippen LogP contribution is -2.24. The van der Waals surface area contributed by atoms with E-state index in [1.807, 2.05) is 12.1 Å². The first-order chi connectivity index (χ1) is 8.18. The van der Waals surface area contributed by atoms with Crippen molar-refractivity contribution in [3.8, 4) is 0 Å². The van der Waals surface area contributed by atoms with Crippen LogP contribution in [0.25, 0.3) is 0 Å². The Balaban J connectivity index is 1.98. The summed E-state index contributed by atoms with van der Waals surface area (Å²) in [4.78, 5) is 21.8. The number of nitrogens with one attached hydrogen (secondary N) is 1. The van der Waals surface area contributed by atoms with Crippen LogP contribution in [0.4, 0.5) is 0 Å². The molecule has 1 aromatic heterocycles. The fraction of sp³-hybridized carbons (Fsp3) is 0.500. The van der Waals surface area contributed by atoms with Crippen molar-refractivity contribution in [3.63, 3.8) is 0 Å². The number of hydrogen-bond donors (Lipinski definition) is 2. The molecule has 0 aliphatic carbocycles. The zero-order valence-corrected chi connectivity index (χ0v) is 9.78. The molecule has 0 aliphatic heterocycles. The van der Waals surface area contributed by atoms with Crippen molar-refractivity contribution in [3.05, 3.63) is 24.2 Å². The van der Waals surface area contributed by atoms with E-state index in [1.165, 1.54) is 0 Å². The van der Waals surface area contributed by atoms with Crippen molar-refractivity contribution in [2.45, 2.75) is 32.1 Å². The summed E-state index contributed by atoms with van der Waals surface area (Å²) in [6.45, 7) is 0.621. The highest BCUT2D eigenvalue weighted by Gasteiger charge is 2.02. The highest BCUT2D eigenvalue weighted by molar-refractivity contribution is 5.77. The number of rotatable bonds is 8. The van der Waals surface area contributed by atoms with Gasteiger partial charge in [-0.25, -0.2) is 0 Å². The second-order valence-corrected chi connectivity index (χ2v) is 3.85. The average molecular weight is 238 g/mol. The highest BCUT2D eigenvalue weighted by atomic mass is 16.3. The van der Waals surface area contributed by atoms with Crippen molar-refractivity contribution < 1.29 is 14.0 Å². The van der Waals surface area contributed by atoms with Crippen LogP contribution in [-0.4, -0.2) is 18.4 Å². The molecule has 0 atom stereocenters. The van der Waals surface area contributed by atoms with Crippen molar-refractivity contribution in [2.75, 3.05) is 6.54 Å². The predicted octanol–water partition coefficient (Wildman–Crippen LogP) is 0.984. The highest BCUT2D eigenvalue weighted by Crippen LogP contribution is 2.02. The van der Waals surface area contributed by atoms with E-state index in [1.54, 1.807) is 6.26 Å². The Morgan fingerprint density at radius 3 is 2.76 bits per heavy atom. The molecule has 1 aromatic rings. The van der Waals surface area contributed by atoms with Crippen LogP contribution < -0.4 is 11.1 Å². The van der Waals surface area contributed by atoms with E-state index >= 15 is 0 Å². The second-order valence-electron chi connectivity index (χ2n) is 3.85. The normalized spacial score (nSPS) is 10.1. The molecule has 1 rings (SSSR count). The van der Waals surface area contributed by atoms with Gasteiger partial charge >= 0.3 is 0 Å². The van der Waals surface area contributed by atoms with Crippen LogP contribution in [0.3, 0.4) is 0 Å². The van der Waals surface area contributed by atoms with Gasteiger partial charge in [0.1, 0.15) is 5.76 Å². The minimum atomic E-state index is -0.365. The van der Waals surface area contributed by atoms with Crippen molar-refractivity contribution in [2.24, 2.45) is 5.73 Å². The van der Waals surface area contributed by atoms with Crippen molar-refractivity contribution in [1.82, 2.24) is 5.32 Å². The van der Waals surface area contributed by atoms with Crippen LogP contribution in [0.15, 0.2) is 22.8 Å². The summed E-state index contributed by atoms with van der Waals surface area (Å²) < 4.78 is 5.17. The summed E-state index contributed by atoms with van der Waals surface area (Å²) in [5.41, 5.74) is 4.97. The molecule has 5 heteroatoms. The van der Waals surface area contributed by atoms with Gasteiger partial charge in [-0.15, -0.1) is 0 Å². The Hall–Kier alpha value is -1.78. The third kappa shape index (κ3) is 6.40. The Bertz CT molecular complexity index is 347.